The molecule has 3 rings (SSSR count). The summed E-state index contributed by atoms with van der Waals surface area (Å²) in [5.74, 6) is -0.278. The van der Waals surface area contributed by atoms with Gasteiger partial charge in [-0.05, 0) is 35.2 Å². The van der Waals surface area contributed by atoms with E-state index in [4.69, 9.17) is 11.6 Å². The Kier molecular flexibility index (Phi) is 6.11. The molecule has 1 amide bonds. The van der Waals surface area contributed by atoms with Crippen LogP contribution in [0.15, 0.2) is 59.7 Å². The molecule has 0 aliphatic heterocycles. The highest BCUT2D eigenvalue weighted by Crippen LogP contribution is 2.27. The third kappa shape index (κ3) is 5.18. The molecule has 0 radical (unpaired) electrons. The van der Waals surface area contributed by atoms with E-state index in [1.165, 1.54) is 23.1 Å². The first-order valence-corrected chi connectivity index (χ1v) is 9.95. The maximum atomic E-state index is 12.2. The summed E-state index contributed by atoms with van der Waals surface area (Å²) < 4.78 is 0. The Morgan fingerprint density at radius 2 is 1.79 bits per heavy atom. The third-order valence-corrected chi connectivity index (χ3v) is 5.30. The Morgan fingerprint density at radius 3 is 2.43 bits per heavy atom. The molecule has 28 heavy (non-hydrogen) atoms. The third-order valence-electron chi connectivity index (χ3n) is 4.00. The molecule has 7 heteroatoms. The fraction of sp³-hybridized carbons (Fsp3) is 0.190. The molecule has 0 saturated heterocycles. The Balaban J connectivity index is 1.62. The smallest absolute Gasteiger partial charge is 0.271 e. The van der Waals surface area contributed by atoms with Gasteiger partial charge in [0.05, 0.1) is 11.1 Å². The van der Waals surface area contributed by atoms with Gasteiger partial charge in [0, 0.05) is 11.3 Å². The normalized spacial score (nSPS) is 11.6. The second kappa shape index (κ2) is 8.54. The summed E-state index contributed by atoms with van der Waals surface area (Å²) in [6, 6.07) is 17.2. The van der Waals surface area contributed by atoms with Crippen molar-refractivity contribution in [3.8, 4) is 0 Å². The van der Waals surface area contributed by atoms with Crippen molar-refractivity contribution in [3.63, 3.8) is 0 Å². The number of benzene rings is 2. The monoisotopic (exact) mass is 412 g/mol. The van der Waals surface area contributed by atoms with Crippen LogP contribution >= 0.6 is 22.9 Å². The molecule has 0 fully saturated rings. The molecule has 0 saturated carbocycles. The first-order chi connectivity index (χ1) is 13.3. The average molecular weight is 413 g/mol. The van der Waals surface area contributed by atoms with Crippen molar-refractivity contribution < 1.29 is 4.79 Å². The first-order valence-electron chi connectivity index (χ1n) is 8.75. The maximum Gasteiger partial charge on any atom is 0.271 e. The molecule has 0 aliphatic carbocycles. The zero-order valence-corrected chi connectivity index (χ0v) is 17.4. The minimum atomic E-state index is -0.278. The molecule has 1 heterocycles. The molecule has 0 spiro atoms. The summed E-state index contributed by atoms with van der Waals surface area (Å²) in [4.78, 5) is 17.2. The number of rotatable bonds is 5. The van der Waals surface area contributed by atoms with E-state index < -0.39 is 0 Å². The number of hydrogen-bond acceptors (Lipinski definition) is 5. The van der Waals surface area contributed by atoms with Gasteiger partial charge < -0.3 is 5.32 Å². The maximum absolute atomic E-state index is 12.2. The summed E-state index contributed by atoms with van der Waals surface area (Å²) in [6.07, 6.45) is 1.50. The summed E-state index contributed by atoms with van der Waals surface area (Å²) in [7, 11) is 0. The van der Waals surface area contributed by atoms with Gasteiger partial charge in [0.25, 0.3) is 5.91 Å². The van der Waals surface area contributed by atoms with E-state index in [0.717, 1.165) is 5.69 Å². The quantitative estimate of drug-likeness (QED) is 0.423. The van der Waals surface area contributed by atoms with Crippen molar-refractivity contribution in [2.45, 2.75) is 26.2 Å². The van der Waals surface area contributed by atoms with Crippen LogP contribution in [0.3, 0.4) is 0 Å². The molecule has 0 atom stereocenters. The van der Waals surface area contributed by atoms with E-state index in [9.17, 15) is 4.79 Å². The molecule has 0 aliphatic rings. The number of amides is 1. The molecular formula is C21H21ClN4OS. The standard InChI is InChI=1S/C21H21ClN4OS/c1-21(2,3)15-11-9-14(10-12-15)19(27)26-23-13-17-18(22)25-20(28-17)24-16-7-5-4-6-8-16/h4-13H,1-3H3,(H,24,25)(H,26,27)/b23-13+. The Labute approximate surface area is 173 Å². The van der Waals surface area contributed by atoms with E-state index in [0.29, 0.717) is 20.7 Å². The number of thiazole rings is 1. The molecule has 5 nitrogen and oxygen atoms in total. The van der Waals surface area contributed by atoms with Gasteiger partial charge in [-0.1, -0.05) is 74.0 Å². The van der Waals surface area contributed by atoms with Crippen molar-refractivity contribution >= 4 is 45.9 Å². The van der Waals surface area contributed by atoms with E-state index in [1.807, 2.05) is 42.5 Å². The average Bonchev–Trinajstić information content (AvgIpc) is 3.01. The number of hydrogen-bond donors (Lipinski definition) is 2. The van der Waals surface area contributed by atoms with Crippen LogP contribution in [0.2, 0.25) is 5.15 Å². The number of para-hydroxylation sites is 1. The Bertz CT molecular complexity index is 976. The highest BCUT2D eigenvalue weighted by Gasteiger charge is 2.14. The highest BCUT2D eigenvalue weighted by molar-refractivity contribution is 7.17. The van der Waals surface area contributed by atoms with Crippen molar-refractivity contribution in [1.82, 2.24) is 10.4 Å². The summed E-state index contributed by atoms with van der Waals surface area (Å²) in [5.41, 5.74) is 5.20. The van der Waals surface area contributed by atoms with Crippen LogP contribution in [0, 0.1) is 0 Å². The van der Waals surface area contributed by atoms with E-state index >= 15 is 0 Å². The lowest BCUT2D eigenvalue weighted by atomic mass is 9.87. The van der Waals surface area contributed by atoms with Crippen molar-refractivity contribution in [3.05, 3.63) is 75.8 Å². The van der Waals surface area contributed by atoms with Crippen LogP contribution < -0.4 is 10.7 Å². The fourth-order valence-corrected chi connectivity index (χ4v) is 3.48. The number of halogens is 1. The van der Waals surface area contributed by atoms with Gasteiger partial charge in [-0.15, -0.1) is 0 Å². The lowest BCUT2D eigenvalue weighted by molar-refractivity contribution is 0.0955. The molecular weight excluding hydrogens is 392 g/mol. The lowest BCUT2D eigenvalue weighted by Gasteiger charge is -2.18. The van der Waals surface area contributed by atoms with Gasteiger partial charge in [-0.25, -0.2) is 10.4 Å². The molecule has 0 unspecified atom stereocenters. The SMILES string of the molecule is CC(C)(C)c1ccc(C(=O)N/N=C/c2sc(Nc3ccccc3)nc2Cl)cc1. The number of nitrogens with zero attached hydrogens (tertiary/aromatic N) is 2. The minimum Gasteiger partial charge on any atom is -0.331 e. The second-order valence-electron chi connectivity index (χ2n) is 7.19. The molecule has 0 bridgehead atoms. The Hall–Kier alpha value is -2.70. The number of nitrogens with one attached hydrogen (secondary N) is 2. The van der Waals surface area contributed by atoms with Crippen LogP contribution in [-0.4, -0.2) is 17.1 Å². The van der Waals surface area contributed by atoms with E-state index in [1.54, 1.807) is 12.1 Å². The molecule has 144 valence electrons. The fourth-order valence-electron chi connectivity index (χ4n) is 2.43. The molecule has 2 aromatic carbocycles. The summed E-state index contributed by atoms with van der Waals surface area (Å²) in [5, 5.41) is 8.17. The van der Waals surface area contributed by atoms with Crippen molar-refractivity contribution in [1.29, 1.82) is 0 Å². The topological polar surface area (TPSA) is 66.4 Å². The van der Waals surface area contributed by atoms with Crippen LogP contribution in [-0.2, 0) is 5.41 Å². The summed E-state index contributed by atoms with van der Waals surface area (Å²) in [6.45, 7) is 6.39. The largest absolute Gasteiger partial charge is 0.331 e. The highest BCUT2D eigenvalue weighted by atomic mass is 35.5. The molecule has 1 aromatic heterocycles. The first kappa shape index (κ1) is 20.0. The van der Waals surface area contributed by atoms with E-state index in [2.05, 4.69) is 41.6 Å². The van der Waals surface area contributed by atoms with E-state index in [-0.39, 0.29) is 11.3 Å². The number of hydrazone groups is 1. The zero-order chi connectivity index (χ0) is 20.1. The predicted octanol–water partition coefficient (Wildman–Crippen LogP) is 5.60. The molecule has 3 aromatic rings. The van der Waals surface area contributed by atoms with Gasteiger partial charge >= 0.3 is 0 Å². The molecule has 2 N–H and O–H groups in total. The van der Waals surface area contributed by atoms with Crippen LogP contribution in [0.4, 0.5) is 10.8 Å². The minimum absolute atomic E-state index is 0.0432. The number of carbonyl (C=O) groups excluding carboxylic acids is 1. The van der Waals surface area contributed by atoms with Crippen molar-refractivity contribution in [2.75, 3.05) is 5.32 Å². The van der Waals surface area contributed by atoms with Crippen LogP contribution in [0.1, 0.15) is 41.6 Å². The lowest BCUT2D eigenvalue weighted by Crippen LogP contribution is -2.18. The Morgan fingerprint density at radius 1 is 1.11 bits per heavy atom. The van der Waals surface area contributed by atoms with Crippen molar-refractivity contribution in [2.24, 2.45) is 5.10 Å². The van der Waals surface area contributed by atoms with Crippen LogP contribution in [0.5, 0.6) is 0 Å². The van der Waals surface area contributed by atoms with Gasteiger partial charge in [0.15, 0.2) is 10.3 Å². The predicted molar refractivity (Wildman–Crippen MR) is 117 cm³/mol. The zero-order valence-electron chi connectivity index (χ0n) is 15.9. The van der Waals surface area contributed by atoms with Gasteiger partial charge in [0.1, 0.15) is 0 Å². The second-order valence-corrected chi connectivity index (χ2v) is 8.58. The van der Waals surface area contributed by atoms with Gasteiger partial charge in [-0.3, -0.25) is 4.79 Å². The van der Waals surface area contributed by atoms with Gasteiger partial charge in [-0.2, -0.15) is 5.10 Å². The summed E-state index contributed by atoms with van der Waals surface area (Å²) >= 11 is 7.51. The number of anilines is 2. The number of carbonyl (C=O) groups is 1. The number of aromatic nitrogens is 1. The van der Waals surface area contributed by atoms with Gasteiger partial charge in [0.2, 0.25) is 0 Å². The van der Waals surface area contributed by atoms with Crippen LogP contribution in [0.25, 0.3) is 0 Å².